The summed E-state index contributed by atoms with van der Waals surface area (Å²) in [6, 6.07) is 19.6. The van der Waals surface area contributed by atoms with Gasteiger partial charge in [0.25, 0.3) is 0 Å². The highest BCUT2D eigenvalue weighted by molar-refractivity contribution is 7.92. The molecule has 11 heteroatoms. The maximum absolute atomic E-state index is 13.9. The van der Waals surface area contributed by atoms with Crippen molar-refractivity contribution in [1.82, 2.24) is 10.2 Å². The molecular formula is C27H29Cl2N3O5S. The lowest BCUT2D eigenvalue weighted by molar-refractivity contribution is -0.139. The van der Waals surface area contributed by atoms with Gasteiger partial charge in [0.15, 0.2) is 0 Å². The van der Waals surface area contributed by atoms with Gasteiger partial charge in [-0.1, -0.05) is 71.7 Å². The molecule has 1 atom stereocenters. The number of carbonyl (C=O) groups excluding carboxylic acids is 2. The number of rotatable bonds is 11. The third-order valence-corrected chi connectivity index (χ3v) is 7.62. The second-order valence-electron chi connectivity index (χ2n) is 8.52. The Bertz CT molecular complexity index is 1390. The topological polar surface area (TPSA) is 96.0 Å². The van der Waals surface area contributed by atoms with Gasteiger partial charge in [-0.2, -0.15) is 0 Å². The van der Waals surface area contributed by atoms with Crippen LogP contribution >= 0.6 is 23.2 Å². The zero-order chi connectivity index (χ0) is 27.9. The van der Waals surface area contributed by atoms with Crippen LogP contribution in [-0.2, 0) is 32.6 Å². The average molecular weight is 579 g/mol. The zero-order valence-electron chi connectivity index (χ0n) is 21.2. The Hall–Kier alpha value is -3.27. The summed E-state index contributed by atoms with van der Waals surface area (Å²) in [6.45, 7) is -0.615. The van der Waals surface area contributed by atoms with Crippen molar-refractivity contribution in [2.45, 2.75) is 19.0 Å². The first-order valence-corrected chi connectivity index (χ1v) is 14.2. The summed E-state index contributed by atoms with van der Waals surface area (Å²) in [7, 11) is -1.02. The van der Waals surface area contributed by atoms with Gasteiger partial charge in [-0.15, -0.1) is 0 Å². The van der Waals surface area contributed by atoms with Crippen molar-refractivity contribution in [2.75, 3.05) is 31.3 Å². The summed E-state index contributed by atoms with van der Waals surface area (Å²) in [5.41, 5.74) is 1.58. The first-order valence-electron chi connectivity index (χ1n) is 11.6. The van der Waals surface area contributed by atoms with Crippen molar-refractivity contribution in [2.24, 2.45) is 0 Å². The van der Waals surface area contributed by atoms with E-state index in [-0.39, 0.29) is 24.4 Å². The highest BCUT2D eigenvalue weighted by atomic mass is 35.5. The van der Waals surface area contributed by atoms with E-state index < -0.39 is 34.4 Å². The van der Waals surface area contributed by atoms with Gasteiger partial charge in [-0.3, -0.25) is 13.9 Å². The molecule has 0 radical (unpaired) electrons. The third kappa shape index (κ3) is 7.40. The number of anilines is 1. The monoisotopic (exact) mass is 577 g/mol. The molecule has 3 aromatic carbocycles. The van der Waals surface area contributed by atoms with E-state index in [2.05, 4.69) is 5.32 Å². The molecule has 0 aliphatic carbocycles. The lowest BCUT2D eigenvalue weighted by Gasteiger charge is -2.33. The van der Waals surface area contributed by atoms with Gasteiger partial charge in [-0.05, 0) is 35.4 Å². The molecule has 2 amide bonds. The maximum atomic E-state index is 13.9. The van der Waals surface area contributed by atoms with Crippen LogP contribution < -0.4 is 14.4 Å². The van der Waals surface area contributed by atoms with Gasteiger partial charge >= 0.3 is 0 Å². The Labute approximate surface area is 233 Å². The molecule has 0 aliphatic rings. The van der Waals surface area contributed by atoms with E-state index in [1.54, 1.807) is 42.5 Å². The van der Waals surface area contributed by atoms with E-state index in [9.17, 15) is 18.0 Å². The van der Waals surface area contributed by atoms with Crippen LogP contribution in [0.1, 0.15) is 11.1 Å². The molecule has 0 saturated heterocycles. The quantitative estimate of drug-likeness (QED) is 0.369. The summed E-state index contributed by atoms with van der Waals surface area (Å²) >= 11 is 12.5. The second kappa shape index (κ2) is 13.0. The van der Waals surface area contributed by atoms with Gasteiger partial charge in [0.2, 0.25) is 21.8 Å². The normalized spacial score (nSPS) is 11.9. The van der Waals surface area contributed by atoms with Gasteiger partial charge in [-0.25, -0.2) is 8.42 Å². The second-order valence-corrected chi connectivity index (χ2v) is 11.3. The van der Waals surface area contributed by atoms with Crippen LogP contribution in [0.3, 0.4) is 0 Å². The molecule has 1 unspecified atom stereocenters. The summed E-state index contributed by atoms with van der Waals surface area (Å²) < 4.78 is 32.0. The maximum Gasteiger partial charge on any atom is 0.244 e. The minimum absolute atomic E-state index is 0.0523. The third-order valence-electron chi connectivity index (χ3n) is 5.91. The Morgan fingerprint density at radius 2 is 1.66 bits per heavy atom. The molecule has 0 heterocycles. The van der Waals surface area contributed by atoms with E-state index >= 15 is 0 Å². The Kier molecular flexibility index (Phi) is 10.0. The Morgan fingerprint density at radius 1 is 1.00 bits per heavy atom. The van der Waals surface area contributed by atoms with Crippen LogP contribution in [0.2, 0.25) is 10.0 Å². The number of hydrogen-bond acceptors (Lipinski definition) is 5. The predicted octanol–water partition coefficient (Wildman–Crippen LogP) is 4.15. The van der Waals surface area contributed by atoms with Gasteiger partial charge in [0, 0.05) is 30.1 Å². The van der Waals surface area contributed by atoms with Crippen molar-refractivity contribution >= 4 is 50.7 Å². The minimum Gasteiger partial charge on any atom is -0.495 e. The number of likely N-dealkylation sites (N-methyl/N-ethyl adjacent to an activating group) is 1. The van der Waals surface area contributed by atoms with Crippen molar-refractivity contribution in [3.63, 3.8) is 0 Å². The number of carbonyl (C=O) groups is 2. The average Bonchev–Trinajstić information content (AvgIpc) is 2.89. The number of nitrogens with zero attached hydrogens (tertiary/aromatic N) is 2. The number of methoxy groups -OCH3 is 1. The van der Waals surface area contributed by atoms with Crippen LogP contribution in [0.4, 0.5) is 5.69 Å². The van der Waals surface area contributed by atoms with Gasteiger partial charge in [0.1, 0.15) is 18.3 Å². The number of sulfonamides is 1. The zero-order valence-corrected chi connectivity index (χ0v) is 23.6. The van der Waals surface area contributed by atoms with Crippen molar-refractivity contribution < 1.29 is 22.7 Å². The molecule has 0 fully saturated rings. The summed E-state index contributed by atoms with van der Waals surface area (Å²) in [5.74, 6) is -0.725. The molecule has 3 rings (SSSR count). The fraction of sp³-hybridized carbons (Fsp3) is 0.259. The van der Waals surface area contributed by atoms with Crippen LogP contribution in [0, 0.1) is 0 Å². The molecule has 38 heavy (non-hydrogen) atoms. The van der Waals surface area contributed by atoms with Gasteiger partial charge in [0.05, 0.1) is 19.1 Å². The van der Waals surface area contributed by atoms with E-state index in [1.807, 2.05) is 30.3 Å². The molecule has 202 valence electrons. The number of hydrogen-bond donors (Lipinski definition) is 1. The summed E-state index contributed by atoms with van der Waals surface area (Å²) in [6.07, 6.45) is 1.21. The lowest BCUT2D eigenvalue weighted by atomic mass is 10.0. The van der Waals surface area contributed by atoms with Crippen LogP contribution in [0.15, 0.2) is 72.8 Å². The number of halogens is 2. The highest BCUT2D eigenvalue weighted by Crippen LogP contribution is 2.30. The Morgan fingerprint density at radius 3 is 2.26 bits per heavy atom. The molecule has 0 aliphatic heterocycles. The Balaban J connectivity index is 2.07. The van der Waals surface area contributed by atoms with Crippen LogP contribution in [0.5, 0.6) is 5.75 Å². The standard InChI is InChI=1S/C27H29Cl2N3O5S/c1-30-27(34)24(15-19-9-5-4-6-10-19)31(17-20-13-14-21(28)16-22(20)29)26(33)18-32(38(3,35)36)23-11-7-8-12-25(23)37-2/h4-14,16,24H,15,17-18H2,1-3H3,(H,30,34). The molecule has 0 bridgehead atoms. The fourth-order valence-corrected chi connectivity index (χ4v) is 5.31. The van der Waals surface area contributed by atoms with E-state index in [1.165, 1.54) is 19.1 Å². The highest BCUT2D eigenvalue weighted by Gasteiger charge is 2.33. The number of para-hydroxylation sites is 2. The number of nitrogens with one attached hydrogen (secondary N) is 1. The van der Waals surface area contributed by atoms with Crippen LogP contribution in [-0.4, -0.2) is 58.1 Å². The minimum atomic E-state index is -3.91. The molecule has 1 N–H and O–H groups in total. The number of benzene rings is 3. The van der Waals surface area contributed by atoms with E-state index in [4.69, 9.17) is 27.9 Å². The number of ether oxygens (including phenoxy) is 1. The number of amides is 2. The lowest BCUT2D eigenvalue weighted by Crippen LogP contribution is -2.53. The van der Waals surface area contributed by atoms with Crippen molar-refractivity contribution in [1.29, 1.82) is 0 Å². The molecule has 8 nitrogen and oxygen atoms in total. The van der Waals surface area contributed by atoms with Crippen LogP contribution in [0.25, 0.3) is 0 Å². The summed E-state index contributed by atoms with van der Waals surface area (Å²) in [5, 5.41) is 3.36. The first-order chi connectivity index (χ1) is 18.0. The SMILES string of the molecule is CNC(=O)C(Cc1ccccc1)N(Cc1ccc(Cl)cc1Cl)C(=O)CN(c1ccccc1OC)S(C)(=O)=O. The first kappa shape index (κ1) is 29.3. The van der Waals surface area contributed by atoms with E-state index in [0.29, 0.717) is 15.6 Å². The molecule has 3 aromatic rings. The smallest absolute Gasteiger partial charge is 0.244 e. The molecule has 0 saturated carbocycles. The van der Waals surface area contributed by atoms with Crippen molar-refractivity contribution in [3.8, 4) is 5.75 Å². The largest absolute Gasteiger partial charge is 0.495 e. The van der Waals surface area contributed by atoms with Crippen molar-refractivity contribution in [3.05, 3.63) is 94.0 Å². The molecule has 0 spiro atoms. The van der Waals surface area contributed by atoms with E-state index in [0.717, 1.165) is 16.1 Å². The predicted molar refractivity (Wildman–Crippen MR) is 150 cm³/mol. The summed E-state index contributed by atoms with van der Waals surface area (Å²) in [4.78, 5) is 28.4. The fourth-order valence-electron chi connectivity index (χ4n) is 3.98. The molecule has 0 aromatic heterocycles. The van der Waals surface area contributed by atoms with Gasteiger partial charge < -0.3 is 15.0 Å². The molecular weight excluding hydrogens is 549 g/mol.